The average Bonchev–Trinajstić information content (AvgIpc) is 3.43. The Morgan fingerprint density at radius 3 is 0.961 bits per heavy atom. The number of nitrogens with one attached hydrogen (secondary N) is 1. The van der Waals surface area contributed by atoms with Gasteiger partial charge in [-0.1, -0.05) is 360 Å². The number of unbranched alkanes of at least 4 members (excludes halogenated alkanes) is 54. The van der Waals surface area contributed by atoms with Gasteiger partial charge in [-0.05, 0) is 44.9 Å². The van der Waals surface area contributed by atoms with Gasteiger partial charge >= 0.3 is 5.97 Å². The Kier molecular flexibility index (Phi) is 65.9. The summed E-state index contributed by atoms with van der Waals surface area (Å²) < 4.78 is 5.47. The van der Waals surface area contributed by atoms with Gasteiger partial charge in [-0.3, -0.25) is 9.59 Å². The van der Waals surface area contributed by atoms with Crippen LogP contribution in [0, 0.1) is 0 Å². The molecule has 3 N–H and O–H groups in total. The Bertz CT molecular complexity index is 1160. The van der Waals surface area contributed by atoms with Crippen molar-refractivity contribution >= 4 is 11.9 Å². The fourth-order valence-corrected chi connectivity index (χ4v) is 11.4. The van der Waals surface area contributed by atoms with Crippen LogP contribution in [0.3, 0.4) is 0 Å². The zero-order valence-corrected chi connectivity index (χ0v) is 52.5. The van der Waals surface area contributed by atoms with Gasteiger partial charge in [-0.25, -0.2) is 0 Å². The molecule has 0 aliphatic carbocycles. The highest BCUT2D eigenvalue weighted by Gasteiger charge is 2.20. The van der Waals surface area contributed by atoms with Crippen LogP contribution in [-0.2, 0) is 14.3 Å². The van der Waals surface area contributed by atoms with Crippen molar-refractivity contribution in [3.63, 3.8) is 0 Å². The largest absolute Gasteiger partial charge is 0.466 e. The lowest BCUT2D eigenvalue weighted by atomic mass is 10.0. The molecule has 0 heterocycles. The van der Waals surface area contributed by atoms with Gasteiger partial charge in [0, 0.05) is 12.8 Å². The van der Waals surface area contributed by atoms with E-state index in [-0.39, 0.29) is 18.5 Å². The lowest BCUT2D eigenvalue weighted by Crippen LogP contribution is -2.45. The van der Waals surface area contributed by atoms with Crippen LogP contribution in [0.5, 0.6) is 0 Å². The lowest BCUT2D eigenvalue weighted by molar-refractivity contribution is -0.143. The van der Waals surface area contributed by atoms with Gasteiger partial charge in [0.05, 0.1) is 25.4 Å². The van der Waals surface area contributed by atoms with E-state index in [0.29, 0.717) is 25.9 Å². The first-order valence-corrected chi connectivity index (χ1v) is 35.4. The van der Waals surface area contributed by atoms with Gasteiger partial charge in [-0.2, -0.15) is 0 Å². The molecule has 6 heteroatoms. The molecule has 0 bridgehead atoms. The number of aliphatic hydroxyl groups excluding tert-OH is 2. The van der Waals surface area contributed by atoms with Gasteiger partial charge in [0.1, 0.15) is 0 Å². The van der Waals surface area contributed by atoms with Crippen LogP contribution < -0.4 is 5.32 Å². The van der Waals surface area contributed by atoms with E-state index in [0.717, 1.165) is 44.9 Å². The highest BCUT2D eigenvalue weighted by atomic mass is 16.5. The van der Waals surface area contributed by atoms with Crippen molar-refractivity contribution in [1.82, 2.24) is 5.32 Å². The SMILES string of the molecule is CCCC/C=C\CCCCCCCC(=O)OCCCCCCCCCCCCCCCCCCCCCCCCCCCCCCCCCCCC(=O)NC(CO)C(O)CCCCCCCCCCCCCCCCCC. The number of carbonyl (C=O) groups excluding carboxylic acids is 2. The molecule has 0 aromatic carbocycles. The van der Waals surface area contributed by atoms with E-state index in [1.807, 2.05) is 0 Å². The molecular weight excluding hydrogens is 947 g/mol. The first-order valence-electron chi connectivity index (χ1n) is 35.4. The summed E-state index contributed by atoms with van der Waals surface area (Å²) in [5.74, 6) is -0.0152. The smallest absolute Gasteiger partial charge is 0.305 e. The van der Waals surface area contributed by atoms with E-state index in [9.17, 15) is 19.8 Å². The summed E-state index contributed by atoms with van der Waals surface area (Å²) in [7, 11) is 0. The van der Waals surface area contributed by atoms with Crippen molar-refractivity contribution in [2.45, 2.75) is 418 Å². The monoisotopic (exact) mass is 1090 g/mol. The van der Waals surface area contributed by atoms with Crippen molar-refractivity contribution in [3.05, 3.63) is 12.2 Å². The fraction of sp³-hybridized carbons (Fsp3) is 0.944. The molecule has 2 unspecified atom stereocenters. The van der Waals surface area contributed by atoms with Gasteiger partial charge in [0.15, 0.2) is 0 Å². The molecule has 0 rings (SSSR count). The molecule has 1 amide bonds. The zero-order valence-electron chi connectivity index (χ0n) is 52.5. The molecule has 6 nitrogen and oxygen atoms in total. The first-order chi connectivity index (χ1) is 38.0. The second-order valence-corrected chi connectivity index (χ2v) is 24.6. The van der Waals surface area contributed by atoms with E-state index in [4.69, 9.17) is 4.74 Å². The van der Waals surface area contributed by atoms with Crippen molar-refractivity contribution in [2.24, 2.45) is 0 Å². The summed E-state index contributed by atoms with van der Waals surface area (Å²) >= 11 is 0. The highest BCUT2D eigenvalue weighted by Crippen LogP contribution is 2.19. The maximum atomic E-state index is 12.5. The number of aliphatic hydroxyl groups is 2. The second-order valence-electron chi connectivity index (χ2n) is 24.6. The summed E-state index contributed by atoms with van der Waals surface area (Å²) in [5, 5.41) is 23.4. The molecule has 458 valence electrons. The van der Waals surface area contributed by atoms with E-state index in [1.54, 1.807) is 0 Å². The van der Waals surface area contributed by atoms with Gasteiger partial charge in [-0.15, -0.1) is 0 Å². The first kappa shape index (κ1) is 75.6. The summed E-state index contributed by atoms with van der Waals surface area (Å²) in [5.41, 5.74) is 0. The van der Waals surface area contributed by atoms with Crippen LogP contribution in [0.15, 0.2) is 12.2 Å². The van der Waals surface area contributed by atoms with Crippen molar-refractivity contribution in [3.8, 4) is 0 Å². The normalized spacial score (nSPS) is 12.5. The molecule has 0 fully saturated rings. The van der Waals surface area contributed by atoms with E-state index < -0.39 is 12.1 Å². The molecule has 0 spiro atoms. The maximum Gasteiger partial charge on any atom is 0.305 e. The summed E-state index contributed by atoms with van der Waals surface area (Å²) in [4.78, 5) is 24.5. The van der Waals surface area contributed by atoms with E-state index in [1.165, 1.54) is 327 Å². The Labute approximate surface area is 482 Å². The number of carbonyl (C=O) groups is 2. The van der Waals surface area contributed by atoms with Crippen LogP contribution in [0.1, 0.15) is 406 Å². The summed E-state index contributed by atoms with van der Waals surface area (Å²) in [6, 6.07) is -0.537. The molecule has 0 radical (unpaired) electrons. The van der Waals surface area contributed by atoms with Crippen LogP contribution in [-0.4, -0.2) is 47.4 Å². The maximum absolute atomic E-state index is 12.5. The molecule has 2 atom stereocenters. The van der Waals surface area contributed by atoms with Crippen LogP contribution >= 0.6 is 0 Å². The number of esters is 1. The standard InChI is InChI=1S/C71H139NO5/c1-3-5-7-9-11-13-15-16-17-37-40-44-47-51-55-59-63-69(74)68(67-73)72-70(75)64-60-56-52-48-45-41-38-35-33-31-29-27-25-23-21-19-18-20-22-24-26-28-30-32-34-36-39-42-46-50-54-58-62-66-77-71(76)65-61-57-53-49-43-14-12-10-8-6-4-2/h10,12,68-69,73-74H,3-9,11,13-67H2,1-2H3,(H,72,75)/b12-10-. The number of ether oxygens (including phenoxy) is 1. The minimum absolute atomic E-state index is 0.0113. The zero-order chi connectivity index (χ0) is 55.7. The average molecular weight is 1090 g/mol. The molecule has 0 aromatic heterocycles. The predicted octanol–water partition coefficient (Wildman–Crippen LogP) is 22.8. The molecule has 0 saturated carbocycles. The minimum atomic E-state index is -0.660. The molecule has 0 aliphatic rings. The van der Waals surface area contributed by atoms with Gasteiger partial charge in [0.25, 0.3) is 0 Å². The molecule has 0 saturated heterocycles. The van der Waals surface area contributed by atoms with E-state index >= 15 is 0 Å². The minimum Gasteiger partial charge on any atom is -0.466 e. The number of allylic oxidation sites excluding steroid dienone is 2. The number of amides is 1. The Morgan fingerprint density at radius 1 is 0.351 bits per heavy atom. The molecule has 77 heavy (non-hydrogen) atoms. The van der Waals surface area contributed by atoms with Crippen LogP contribution in [0.25, 0.3) is 0 Å². The number of hydrogen-bond donors (Lipinski definition) is 3. The van der Waals surface area contributed by atoms with Crippen LogP contribution in [0.2, 0.25) is 0 Å². The Morgan fingerprint density at radius 2 is 0.623 bits per heavy atom. The summed E-state index contributed by atoms with van der Waals surface area (Å²) in [6.07, 6.45) is 82.8. The van der Waals surface area contributed by atoms with Crippen molar-refractivity contribution < 1.29 is 24.5 Å². The Hall–Kier alpha value is -1.40. The quantitative estimate of drug-likeness (QED) is 0.0320. The predicted molar refractivity (Wildman–Crippen MR) is 338 cm³/mol. The molecule has 0 aromatic rings. The fourth-order valence-electron chi connectivity index (χ4n) is 11.4. The van der Waals surface area contributed by atoms with Crippen LogP contribution in [0.4, 0.5) is 0 Å². The van der Waals surface area contributed by atoms with Gasteiger partial charge in [0.2, 0.25) is 5.91 Å². The Balaban J connectivity index is 3.31. The summed E-state index contributed by atoms with van der Waals surface area (Å²) in [6.45, 7) is 4.95. The number of hydrogen-bond acceptors (Lipinski definition) is 5. The lowest BCUT2D eigenvalue weighted by Gasteiger charge is -2.22. The highest BCUT2D eigenvalue weighted by molar-refractivity contribution is 5.76. The van der Waals surface area contributed by atoms with Crippen molar-refractivity contribution in [1.29, 1.82) is 0 Å². The molecular formula is C71H139NO5. The molecule has 0 aliphatic heterocycles. The van der Waals surface area contributed by atoms with Crippen molar-refractivity contribution in [2.75, 3.05) is 13.2 Å². The third-order valence-electron chi connectivity index (χ3n) is 16.8. The second kappa shape index (κ2) is 67.1. The number of rotatable bonds is 67. The van der Waals surface area contributed by atoms with E-state index in [2.05, 4.69) is 31.3 Å². The van der Waals surface area contributed by atoms with Gasteiger partial charge < -0.3 is 20.3 Å². The third kappa shape index (κ3) is 63.6. The topological polar surface area (TPSA) is 95.9 Å². The third-order valence-corrected chi connectivity index (χ3v) is 16.8.